The lowest BCUT2D eigenvalue weighted by atomic mass is 9.97. The number of amides is 3. The first kappa shape index (κ1) is 16.6. The van der Waals surface area contributed by atoms with Gasteiger partial charge in [-0.2, -0.15) is 0 Å². The first-order chi connectivity index (χ1) is 11.8. The Morgan fingerprint density at radius 3 is 2.64 bits per heavy atom. The predicted octanol–water partition coefficient (Wildman–Crippen LogP) is 2.27. The number of hydrogen-bond donors (Lipinski definition) is 1. The number of urea groups is 1. The number of carbonyl (C=O) groups is 2. The van der Waals surface area contributed by atoms with Gasteiger partial charge in [0.25, 0.3) is 11.6 Å². The second-order valence-corrected chi connectivity index (χ2v) is 5.98. The summed E-state index contributed by atoms with van der Waals surface area (Å²) in [7, 11) is 0. The standard InChI is InChI=1S/C17H16N4O4/c1-11-12(6-5-7-13(11)21(24)25)10-20-15(22)17(2,19-16(20)23)14-8-3-4-9-18-14/h3-9H,10H2,1-2H3,(H,19,23). The maximum atomic E-state index is 12.8. The minimum absolute atomic E-state index is 0.0411. The van der Waals surface area contributed by atoms with E-state index in [1.54, 1.807) is 44.3 Å². The molecular weight excluding hydrogens is 324 g/mol. The average molecular weight is 340 g/mol. The molecule has 3 amide bonds. The summed E-state index contributed by atoms with van der Waals surface area (Å²) in [6.07, 6.45) is 1.55. The lowest BCUT2D eigenvalue weighted by Crippen LogP contribution is -2.41. The molecule has 1 unspecified atom stereocenters. The van der Waals surface area contributed by atoms with E-state index in [9.17, 15) is 19.7 Å². The van der Waals surface area contributed by atoms with Gasteiger partial charge in [-0.3, -0.25) is 24.8 Å². The Hall–Kier alpha value is -3.29. The maximum Gasteiger partial charge on any atom is 0.325 e. The molecule has 8 nitrogen and oxygen atoms in total. The van der Waals surface area contributed by atoms with E-state index in [1.165, 1.54) is 12.1 Å². The van der Waals surface area contributed by atoms with Gasteiger partial charge >= 0.3 is 6.03 Å². The first-order valence-electron chi connectivity index (χ1n) is 7.63. The number of pyridine rings is 1. The van der Waals surface area contributed by atoms with Gasteiger partial charge in [-0.05, 0) is 31.5 Å². The van der Waals surface area contributed by atoms with Crippen LogP contribution in [0.3, 0.4) is 0 Å². The largest absolute Gasteiger partial charge is 0.325 e. The Morgan fingerprint density at radius 2 is 2.00 bits per heavy atom. The molecule has 1 aromatic carbocycles. The van der Waals surface area contributed by atoms with Crippen LogP contribution in [0.5, 0.6) is 0 Å². The quantitative estimate of drug-likeness (QED) is 0.522. The average Bonchev–Trinajstić information content (AvgIpc) is 2.81. The fraction of sp³-hybridized carbons (Fsp3) is 0.235. The van der Waals surface area contributed by atoms with Crippen LogP contribution in [0.4, 0.5) is 10.5 Å². The zero-order chi connectivity index (χ0) is 18.2. The number of nitrogens with one attached hydrogen (secondary N) is 1. The van der Waals surface area contributed by atoms with Crippen LogP contribution in [-0.2, 0) is 16.9 Å². The summed E-state index contributed by atoms with van der Waals surface area (Å²) >= 11 is 0. The molecule has 1 aliphatic heterocycles. The van der Waals surface area contributed by atoms with E-state index < -0.39 is 22.4 Å². The highest BCUT2D eigenvalue weighted by molar-refractivity contribution is 6.06. The molecule has 1 aromatic heterocycles. The number of carbonyl (C=O) groups excluding carboxylic acids is 2. The molecule has 128 valence electrons. The van der Waals surface area contributed by atoms with Crippen molar-refractivity contribution in [1.82, 2.24) is 15.2 Å². The maximum absolute atomic E-state index is 12.8. The molecule has 0 aliphatic carbocycles. The van der Waals surface area contributed by atoms with Crippen LogP contribution in [-0.4, -0.2) is 26.7 Å². The third-order valence-electron chi connectivity index (χ3n) is 4.39. The van der Waals surface area contributed by atoms with Gasteiger partial charge in [0.1, 0.15) is 0 Å². The van der Waals surface area contributed by atoms with Gasteiger partial charge < -0.3 is 5.32 Å². The number of nitro groups is 1. The van der Waals surface area contributed by atoms with Crippen LogP contribution in [0.15, 0.2) is 42.6 Å². The summed E-state index contributed by atoms with van der Waals surface area (Å²) in [5.41, 5.74) is 0.110. The molecule has 0 spiro atoms. The van der Waals surface area contributed by atoms with E-state index in [4.69, 9.17) is 0 Å². The minimum atomic E-state index is -1.26. The van der Waals surface area contributed by atoms with Crippen molar-refractivity contribution in [2.45, 2.75) is 25.9 Å². The van der Waals surface area contributed by atoms with Gasteiger partial charge in [0, 0.05) is 17.8 Å². The number of imide groups is 1. The molecule has 2 heterocycles. The number of rotatable bonds is 4. The molecule has 1 atom stereocenters. The van der Waals surface area contributed by atoms with Gasteiger partial charge in [-0.25, -0.2) is 4.79 Å². The van der Waals surface area contributed by atoms with Crippen molar-refractivity contribution >= 4 is 17.6 Å². The van der Waals surface area contributed by atoms with Crippen molar-refractivity contribution in [3.63, 3.8) is 0 Å². The van der Waals surface area contributed by atoms with E-state index in [1.807, 2.05) is 0 Å². The predicted molar refractivity (Wildman–Crippen MR) is 88.5 cm³/mol. The van der Waals surface area contributed by atoms with Crippen LogP contribution in [0.1, 0.15) is 23.7 Å². The Bertz CT molecular complexity index is 868. The van der Waals surface area contributed by atoms with Crippen molar-refractivity contribution in [1.29, 1.82) is 0 Å². The van der Waals surface area contributed by atoms with E-state index in [2.05, 4.69) is 10.3 Å². The summed E-state index contributed by atoms with van der Waals surface area (Å²) in [6.45, 7) is 3.15. The van der Waals surface area contributed by atoms with Crippen molar-refractivity contribution in [3.8, 4) is 0 Å². The van der Waals surface area contributed by atoms with Crippen LogP contribution in [0.25, 0.3) is 0 Å². The second-order valence-electron chi connectivity index (χ2n) is 5.98. The molecule has 1 saturated heterocycles. The van der Waals surface area contributed by atoms with Gasteiger partial charge in [0.05, 0.1) is 17.2 Å². The number of benzene rings is 1. The summed E-state index contributed by atoms with van der Waals surface area (Å²) < 4.78 is 0. The molecule has 8 heteroatoms. The molecular formula is C17H16N4O4. The Kier molecular flexibility index (Phi) is 3.96. The highest BCUT2D eigenvalue weighted by atomic mass is 16.6. The molecule has 2 aromatic rings. The minimum Gasteiger partial charge on any atom is -0.318 e. The third kappa shape index (κ3) is 2.71. The molecule has 1 fully saturated rings. The van der Waals surface area contributed by atoms with Gasteiger partial charge in [0.15, 0.2) is 5.54 Å². The summed E-state index contributed by atoms with van der Waals surface area (Å²) in [5.74, 6) is -0.442. The molecule has 25 heavy (non-hydrogen) atoms. The summed E-state index contributed by atoms with van der Waals surface area (Å²) in [4.78, 5) is 41.0. The fourth-order valence-corrected chi connectivity index (χ4v) is 2.88. The number of hydrogen-bond acceptors (Lipinski definition) is 5. The molecule has 1 N–H and O–H groups in total. The van der Waals surface area contributed by atoms with E-state index >= 15 is 0 Å². The van der Waals surface area contributed by atoms with Crippen LogP contribution in [0, 0.1) is 17.0 Å². The highest BCUT2D eigenvalue weighted by Crippen LogP contribution is 2.30. The number of nitrogens with zero attached hydrogens (tertiary/aromatic N) is 3. The second kappa shape index (κ2) is 5.97. The van der Waals surface area contributed by atoms with E-state index in [0.717, 1.165) is 4.90 Å². The Morgan fingerprint density at radius 1 is 1.24 bits per heavy atom. The van der Waals surface area contributed by atoms with Crippen molar-refractivity contribution in [2.75, 3.05) is 0 Å². The number of nitro benzene ring substituents is 1. The van der Waals surface area contributed by atoms with Gasteiger partial charge in [0.2, 0.25) is 0 Å². The van der Waals surface area contributed by atoms with Crippen LogP contribution < -0.4 is 5.32 Å². The fourth-order valence-electron chi connectivity index (χ4n) is 2.88. The topological polar surface area (TPSA) is 105 Å². The van der Waals surface area contributed by atoms with Gasteiger partial charge in [-0.1, -0.05) is 18.2 Å². The highest BCUT2D eigenvalue weighted by Gasteiger charge is 2.50. The van der Waals surface area contributed by atoms with E-state index in [0.29, 0.717) is 16.8 Å². The zero-order valence-corrected chi connectivity index (χ0v) is 13.7. The first-order valence-corrected chi connectivity index (χ1v) is 7.63. The SMILES string of the molecule is Cc1c(CN2C(=O)NC(C)(c3ccccn3)C2=O)cccc1[N+](=O)[O-]. The molecule has 1 aliphatic rings. The third-order valence-corrected chi connectivity index (χ3v) is 4.39. The summed E-state index contributed by atoms with van der Waals surface area (Å²) in [6, 6.07) is 9.17. The van der Waals surface area contributed by atoms with E-state index in [-0.39, 0.29) is 12.2 Å². The lowest BCUT2D eigenvalue weighted by molar-refractivity contribution is -0.385. The van der Waals surface area contributed by atoms with Crippen molar-refractivity contribution in [2.24, 2.45) is 0 Å². The van der Waals surface area contributed by atoms with Crippen LogP contribution >= 0.6 is 0 Å². The zero-order valence-electron chi connectivity index (χ0n) is 13.7. The molecule has 0 saturated carbocycles. The lowest BCUT2D eigenvalue weighted by Gasteiger charge is -2.21. The molecule has 0 bridgehead atoms. The molecule has 0 radical (unpaired) electrons. The smallest absolute Gasteiger partial charge is 0.318 e. The monoisotopic (exact) mass is 340 g/mol. The van der Waals surface area contributed by atoms with Crippen molar-refractivity contribution < 1.29 is 14.5 Å². The Balaban J connectivity index is 1.93. The summed E-state index contributed by atoms with van der Waals surface area (Å²) in [5, 5.41) is 13.7. The van der Waals surface area contributed by atoms with Gasteiger partial charge in [-0.15, -0.1) is 0 Å². The normalized spacial score (nSPS) is 19.8. The number of aromatic nitrogens is 1. The molecule has 3 rings (SSSR count). The van der Waals surface area contributed by atoms with Crippen molar-refractivity contribution in [3.05, 3.63) is 69.5 Å². The van der Waals surface area contributed by atoms with Crippen LogP contribution in [0.2, 0.25) is 0 Å². The Labute approximate surface area is 143 Å².